The van der Waals surface area contributed by atoms with Gasteiger partial charge in [-0.3, -0.25) is 4.79 Å². The minimum absolute atomic E-state index is 0.00781. The fraction of sp³-hybridized carbons (Fsp3) is 0.312. The molecule has 0 bridgehead atoms. The molecule has 1 heterocycles. The first-order valence-electron chi connectivity index (χ1n) is 6.82. The van der Waals surface area contributed by atoms with Crippen molar-refractivity contribution in [2.45, 2.75) is 26.4 Å². The summed E-state index contributed by atoms with van der Waals surface area (Å²) in [5.41, 5.74) is 7.96. The topological polar surface area (TPSA) is 60.0 Å². The Morgan fingerprint density at radius 2 is 1.95 bits per heavy atom. The molecule has 106 valence electrons. The number of benzene rings is 1. The first-order valence-corrected chi connectivity index (χ1v) is 6.82. The molecule has 1 unspecified atom stereocenters. The minimum Gasteiger partial charge on any atom is -0.345 e. The quantitative estimate of drug-likeness (QED) is 0.878. The van der Waals surface area contributed by atoms with E-state index in [4.69, 9.17) is 5.73 Å². The van der Waals surface area contributed by atoms with Gasteiger partial charge < -0.3 is 15.6 Å². The Morgan fingerprint density at radius 3 is 2.60 bits per heavy atom. The van der Waals surface area contributed by atoms with Gasteiger partial charge in [0.2, 0.25) is 5.91 Å². The van der Waals surface area contributed by atoms with Gasteiger partial charge in [-0.15, -0.1) is 0 Å². The van der Waals surface area contributed by atoms with Gasteiger partial charge in [0.1, 0.15) is 6.54 Å². The van der Waals surface area contributed by atoms with E-state index in [1.54, 1.807) is 0 Å². The predicted octanol–water partition coefficient (Wildman–Crippen LogP) is 2.78. The van der Waals surface area contributed by atoms with Crippen LogP contribution in [0.2, 0.25) is 0 Å². The van der Waals surface area contributed by atoms with Gasteiger partial charge in [0.05, 0.1) is 0 Å². The van der Waals surface area contributed by atoms with Crippen LogP contribution >= 0.6 is 0 Å². The van der Waals surface area contributed by atoms with Crippen LogP contribution in [0.1, 0.15) is 25.5 Å². The van der Waals surface area contributed by atoms with Crippen LogP contribution in [-0.2, 0) is 11.3 Å². The van der Waals surface area contributed by atoms with Crippen LogP contribution in [0, 0.1) is 5.92 Å². The molecule has 0 aliphatic heterocycles. The number of nitrogens with two attached hydrogens (primary N) is 1. The van der Waals surface area contributed by atoms with Crippen molar-refractivity contribution >= 4 is 11.6 Å². The van der Waals surface area contributed by atoms with E-state index in [1.165, 1.54) is 0 Å². The predicted molar refractivity (Wildman–Crippen MR) is 81.3 cm³/mol. The second-order valence-corrected chi connectivity index (χ2v) is 5.30. The number of para-hydroxylation sites is 1. The monoisotopic (exact) mass is 271 g/mol. The van der Waals surface area contributed by atoms with E-state index in [0.29, 0.717) is 12.5 Å². The SMILES string of the molecule is CC(C)C(N)c1ccn(CC(=O)Nc2ccccc2)c1. The van der Waals surface area contributed by atoms with Crippen LogP contribution in [0.25, 0.3) is 0 Å². The van der Waals surface area contributed by atoms with Crippen molar-refractivity contribution in [2.75, 3.05) is 5.32 Å². The van der Waals surface area contributed by atoms with E-state index < -0.39 is 0 Å². The van der Waals surface area contributed by atoms with Crippen LogP contribution in [0.15, 0.2) is 48.8 Å². The van der Waals surface area contributed by atoms with Crippen molar-refractivity contribution in [3.8, 4) is 0 Å². The number of amides is 1. The summed E-state index contributed by atoms with van der Waals surface area (Å²) in [5, 5.41) is 2.86. The number of nitrogens with zero attached hydrogens (tertiary/aromatic N) is 1. The third-order valence-electron chi connectivity index (χ3n) is 3.26. The van der Waals surface area contributed by atoms with E-state index in [0.717, 1.165) is 11.3 Å². The van der Waals surface area contributed by atoms with Crippen molar-refractivity contribution in [1.82, 2.24) is 4.57 Å². The fourth-order valence-corrected chi connectivity index (χ4v) is 2.03. The van der Waals surface area contributed by atoms with Crippen molar-refractivity contribution in [2.24, 2.45) is 11.7 Å². The second-order valence-electron chi connectivity index (χ2n) is 5.30. The zero-order chi connectivity index (χ0) is 14.5. The number of rotatable bonds is 5. The second kappa shape index (κ2) is 6.39. The lowest BCUT2D eigenvalue weighted by Gasteiger charge is -2.13. The van der Waals surface area contributed by atoms with Crippen molar-refractivity contribution in [3.63, 3.8) is 0 Å². The van der Waals surface area contributed by atoms with E-state index in [9.17, 15) is 4.79 Å². The number of anilines is 1. The molecule has 0 radical (unpaired) electrons. The van der Waals surface area contributed by atoms with Gasteiger partial charge in [0.25, 0.3) is 0 Å². The van der Waals surface area contributed by atoms with Crippen LogP contribution < -0.4 is 11.1 Å². The first kappa shape index (κ1) is 14.3. The van der Waals surface area contributed by atoms with Crippen LogP contribution in [-0.4, -0.2) is 10.5 Å². The fourth-order valence-electron chi connectivity index (χ4n) is 2.03. The maximum Gasteiger partial charge on any atom is 0.244 e. The Kier molecular flexibility index (Phi) is 4.58. The highest BCUT2D eigenvalue weighted by molar-refractivity contribution is 5.90. The number of hydrogen-bond donors (Lipinski definition) is 2. The molecule has 20 heavy (non-hydrogen) atoms. The molecule has 1 aromatic heterocycles. The standard InChI is InChI=1S/C16H21N3O/c1-12(2)16(17)13-8-9-19(10-13)11-15(20)18-14-6-4-3-5-7-14/h3-10,12,16H,11,17H2,1-2H3,(H,18,20). The highest BCUT2D eigenvalue weighted by Gasteiger charge is 2.12. The molecule has 0 spiro atoms. The Balaban J connectivity index is 1.95. The van der Waals surface area contributed by atoms with Gasteiger partial charge in [-0.2, -0.15) is 0 Å². The van der Waals surface area contributed by atoms with Crippen LogP contribution in [0.5, 0.6) is 0 Å². The zero-order valence-corrected chi connectivity index (χ0v) is 11.9. The van der Waals surface area contributed by atoms with Crippen molar-refractivity contribution < 1.29 is 4.79 Å². The summed E-state index contributed by atoms with van der Waals surface area (Å²) in [6.07, 6.45) is 3.83. The molecule has 0 aliphatic carbocycles. The van der Waals surface area contributed by atoms with E-state index >= 15 is 0 Å². The lowest BCUT2D eigenvalue weighted by atomic mass is 10.00. The maximum atomic E-state index is 11.9. The van der Waals surface area contributed by atoms with Gasteiger partial charge in [-0.05, 0) is 29.7 Å². The summed E-state index contributed by atoms with van der Waals surface area (Å²) < 4.78 is 1.86. The number of nitrogens with one attached hydrogen (secondary N) is 1. The Hall–Kier alpha value is -2.07. The molecule has 2 aromatic rings. The molecular weight excluding hydrogens is 250 g/mol. The molecule has 0 saturated heterocycles. The van der Waals surface area contributed by atoms with Crippen LogP contribution in [0.4, 0.5) is 5.69 Å². The third-order valence-corrected chi connectivity index (χ3v) is 3.26. The highest BCUT2D eigenvalue weighted by Crippen LogP contribution is 2.18. The summed E-state index contributed by atoms with van der Waals surface area (Å²) in [5.74, 6) is 0.334. The van der Waals surface area contributed by atoms with E-state index in [1.807, 2.05) is 53.4 Å². The number of carbonyl (C=O) groups is 1. The smallest absolute Gasteiger partial charge is 0.244 e. The van der Waals surface area contributed by atoms with Gasteiger partial charge >= 0.3 is 0 Å². The average molecular weight is 271 g/mol. The summed E-state index contributed by atoms with van der Waals surface area (Å²) in [6.45, 7) is 4.47. The van der Waals surface area contributed by atoms with Crippen LogP contribution in [0.3, 0.4) is 0 Å². The molecule has 1 atom stereocenters. The largest absolute Gasteiger partial charge is 0.345 e. The average Bonchev–Trinajstić information content (AvgIpc) is 2.87. The Labute approximate surface area is 119 Å². The van der Waals surface area contributed by atoms with Gasteiger partial charge in [0.15, 0.2) is 0 Å². The lowest BCUT2D eigenvalue weighted by molar-refractivity contribution is -0.116. The molecule has 0 saturated carbocycles. The number of aromatic nitrogens is 1. The van der Waals surface area contributed by atoms with E-state index in [-0.39, 0.29) is 11.9 Å². The molecule has 1 amide bonds. The Morgan fingerprint density at radius 1 is 1.25 bits per heavy atom. The molecule has 1 aromatic carbocycles. The normalized spacial score (nSPS) is 12.4. The molecular formula is C16H21N3O. The number of hydrogen-bond acceptors (Lipinski definition) is 2. The summed E-state index contributed by atoms with van der Waals surface area (Å²) >= 11 is 0. The number of carbonyl (C=O) groups excluding carboxylic acids is 1. The van der Waals surface area contributed by atoms with Crippen molar-refractivity contribution in [3.05, 3.63) is 54.4 Å². The third kappa shape index (κ3) is 3.71. The van der Waals surface area contributed by atoms with Gasteiger partial charge in [0, 0.05) is 24.1 Å². The Bertz CT molecular complexity index is 560. The molecule has 4 nitrogen and oxygen atoms in total. The van der Waals surface area contributed by atoms with Gasteiger partial charge in [-0.1, -0.05) is 32.0 Å². The summed E-state index contributed by atoms with van der Waals surface area (Å²) in [7, 11) is 0. The molecule has 2 rings (SSSR count). The highest BCUT2D eigenvalue weighted by atomic mass is 16.1. The summed E-state index contributed by atoms with van der Waals surface area (Å²) in [4.78, 5) is 11.9. The molecule has 3 N–H and O–H groups in total. The van der Waals surface area contributed by atoms with Crippen molar-refractivity contribution in [1.29, 1.82) is 0 Å². The lowest BCUT2D eigenvalue weighted by Crippen LogP contribution is -2.18. The molecule has 0 fully saturated rings. The first-order chi connectivity index (χ1) is 9.56. The molecule has 0 aliphatic rings. The van der Waals surface area contributed by atoms with E-state index in [2.05, 4.69) is 19.2 Å². The molecule has 4 heteroatoms. The maximum absolute atomic E-state index is 11.9. The zero-order valence-electron chi connectivity index (χ0n) is 11.9. The van der Waals surface area contributed by atoms with Gasteiger partial charge in [-0.25, -0.2) is 0 Å². The minimum atomic E-state index is -0.0449. The summed E-state index contributed by atoms with van der Waals surface area (Å²) in [6, 6.07) is 11.4.